The Balaban J connectivity index is 2.03. The van der Waals surface area contributed by atoms with E-state index in [1.165, 1.54) is 6.07 Å². The number of rotatable bonds is 5. The van der Waals surface area contributed by atoms with Crippen molar-refractivity contribution in [3.8, 4) is 17.1 Å². The maximum absolute atomic E-state index is 14.2. The second kappa shape index (κ2) is 7.13. The molecule has 0 aliphatic heterocycles. The van der Waals surface area contributed by atoms with Crippen LogP contribution < -0.4 is 4.74 Å². The lowest BCUT2D eigenvalue weighted by atomic mass is 10.1. The van der Waals surface area contributed by atoms with Crippen LogP contribution in [0.25, 0.3) is 16.9 Å². The third kappa shape index (κ3) is 3.95. The molecule has 0 spiro atoms. The highest BCUT2D eigenvalue weighted by molar-refractivity contribution is 5.64. The zero-order valence-corrected chi connectivity index (χ0v) is 15.1. The van der Waals surface area contributed by atoms with Crippen LogP contribution in [-0.4, -0.2) is 44.2 Å². The quantitative estimate of drug-likeness (QED) is 0.586. The van der Waals surface area contributed by atoms with E-state index in [9.17, 15) is 26.3 Å². The second-order valence-corrected chi connectivity index (χ2v) is 6.00. The summed E-state index contributed by atoms with van der Waals surface area (Å²) in [4.78, 5) is 3.55. The molecule has 0 N–H and O–H groups in total. The first-order valence-corrected chi connectivity index (χ1v) is 8.00. The van der Waals surface area contributed by atoms with E-state index in [0.717, 1.165) is 23.9 Å². The standard InChI is InChI=1S/C16H13F6N5O2/c1-7-4-11-24-25-14(16(21,22)28-3)27(11)26-12(7)9-5-10(17)13(23-6-9)29-8(2)15(18,19)20/h4-6,8H,1-3H3/t8-/m0/s1. The Morgan fingerprint density at radius 2 is 1.79 bits per heavy atom. The molecule has 1 atom stereocenters. The summed E-state index contributed by atoms with van der Waals surface area (Å²) >= 11 is 0. The number of aromatic nitrogens is 5. The highest BCUT2D eigenvalue weighted by atomic mass is 19.4. The van der Waals surface area contributed by atoms with Gasteiger partial charge < -0.3 is 9.47 Å². The van der Waals surface area contributed by atoms with E-state index in [2.05, 4.69) is 29.8 Å². The Morgan fingerprint density at radius 1 is 1.10 bits per heavy atom. The van der Waals surface area contributed by atoms with Crippen molar-refractivity contribution in [3.63, 3.8) is 0 Å². The first kappa shape index (κ1) is 20.8. The summed E-state index contributed by atoms with van der Waals surface area (Å²) in [6.45, 7) is 2.26. The first-order valence-electron chi connectivity index (χ1n) is 8.00. The van der Waals surface area contributed by atoms with Gasteiger partial charge in [0, 0.05) is 18.9 Å². The van der Waals surface area contributed by atoms with E-state index in [1.807, 2.05) is 0 Å². The minimum absolute atomic E-state index is 0.00892. The monoisotopic (exact) mass is 421 g/mol. The fourth-order valence-corrected chi connectivity index (χ4v) is 2.36. The summed E-state index contributed by atoms with van der Waals surface area (Å²) in [5.41, 5.74) is 0.461. The molecule has 3 heterocycles. The summed E-state index contributed by atoms with van der Waals surface area (Å²) in [5.74, 6) is -2.93. The van der Waals surface area contributed by atoms with Crippen molar-refractivity contribution in [2.24, 2.45) is 0 Å². The number of nitrogens with zero attached hydrogens (tertiary/aromatic N) is 5. The van der Waals surface area contributed by atoms with Crippen LogP contribution in [0.15, 0.2) is 18.3 Å². The van der Waals surface area contributed by atoms with Crippen molar-refractivity contribution < 1.29 is 35.8 Å². The highest BCUT2D eigenvalue weighted by Gasteiger charge is 2.39. The Labute approximate surface area is 159 Å². The highest BCUT2D eigenvalue weighted by Crippen LogP contribution is 2.30. The van der Waals surface area contributed by atoms with Gasteiger partial charge in [0.25, 0.3) is 11.7 Å². The smallest absolute Gasteiger partial charge is 0.425 e. The summed E-state index contributed by atoms with van der Waals surface area (Å²) < 4.78 is 89.0. The van der Waals surface area contributed by atoms with Gasteiger partial charge in [-0.3, -0.25) is 0 Å². The van der Waals surface area contributed by atoms with Crippen LogP contribution in [0.4, 0.5) is 26.3 Å². The molecule has 156 valence electrons. The van der Waals surface area contributed by atoms with Gasteiger partial charge in [-0.2, -0.15) is 31.6 Å². The SMILES string of the molecule is COC(F)(F)c1nnc2cc(C)c(-c3cnc(O[C@@H](C)C(F)(F)F)c(F)c3)nn12. The van der Waals surface area contributed by atoms with Gasteiger partial charge in [-0.15, -0.1) is 10.2 Å². The topological polar surface area (TPSA) is 74.4 Å². The van der Waals surface area contributed by atoms with Crippen LogP contribution in [0.5, 0.6) is 5.88 Å². The van der Waals surface area contributed by atoms with Gasteiger partial charge in [-0.25, -0.2) is 9.37 Å². The van der Waals surface area contributed by atoms with Gasteiger partial charge in [-0.1, -0.05) is 0 Å². The molecule has 3 aromatic heterocycles. The van der Waals surface area contributed by atoms with E-state index < -0.39 is 35.9 Å². The largest absolute Gasteiger partial charge is 0.463 e. The van der Waals surface area contributed by atoms with E-state index in [0.29, 0.717) is 12.5 Å². The number of hydrogen-bond donors (Lipinski definition) is 0. The number of pyridine rings is 1. The molecule has 0 bridgehead atoms. The Hall–Kier alpha value is -2.96. The molecule has 29 heavy (non-hydrogen) atoms. The van der Waals surface area contributed by atoms with Gasteiger partial charge in [-0.05, 0) is 31.5 Å². The molecular formula is C16H13F6N5O2. The minimum Gasteiger partial charge on any atom is -0.463 e. The van der Waals surface area contributed by atoms with Crippen LogP contribution in [0.1, 0.15) is 18.3 Å². The number of ether oxygens (including phenoxy) is 2. The van der Waals surface area contributed by atoms with E-state index >= 15 is 0 Å². The molecule has 0 radical (unpaired) electrons. The van der Waals surface area contributed by atoms with E-state index in [1.54, 1.807) is 6.92 Å². The van der Waals surface area contributed by atoms with Crippen molar-refractivity contribution in [1.82, 2.24) is 24.8 Å². The lowest BCUT2D eigenvalue weighted by Gasteiger charge is -2.17. The van der Waals surface area contributed by atoms with Crippen molar-refractivity contribution >= 4 is 5.65 Å². The fourth-order valence-electron chi connectivity index (χ4n) is 2.36. The number of fused-ring (bicyclic) bond motifs is 1. The zero-order valence-electron chi connectivity index (χ0n) is 15.1. The van der Waals surface area contributed by atoms with Gasteiger partial charge >= 0.3 is 12.3 Å². The molecule has 13 heteroatoms. The second-order valence-electron chi connectivity index (χ2n) is 6.00. The molecule has 3 rings (SSSR count). The van der Waals surface area contributed by atoms with Crippen LogP contribution in [0.2, 0.25) is 0 Å². The molecule has 0 amide bonds. The summed E-state index contributed by atoms with van der Waals surface area (Å²) in [5, 5.41) is 10.9. The van der Waals surface area contributed by atoms with Gasteiger partial charge in [0.15, 0.2) is 17.6 Å². The molecule has 0 aliphatic carbocycles. The van der Waals surface area contributed by atoms with Gasteiger partial charge in [0.1, 0.15) is 0 Å². The zero-order chi connectivity index (χ0) is 21.6. The van der Waals surface area contributed by atoms with Crippen LogP contribution in [0.3, 0.4) is 0 Å². The predicted octanol–water partition coefficient (Wildman–Crippen LogP) is 3.66. The average Bonchev–Trinajstić information content (AvgIpc) is 3.05. The molecule has 7 nitrogen and oxygen atoms in total. The molecule has 0 saturated carbocycles. The molecular weight excluding hydrogens is 408 g/mol. The maximum Gasteiger partial charge on any atom is 0.425 e. The molecule has 0 aliphatic rings. The number of aryl methyl sites for hydroxylation is 1. The molecule has 0 aromatic carbocycles. The maximum atomic E-state index is 14.2. The Kier molecular flexibility index (Phi) is 5.11. The van der Waals surface area contributed by atoms with E-state index in [-0.39, 0.29) is 16.9 Å². The number of halogens is 6. The lowest BCUT2D eigenvalue weighted by molar-refractivity contribution is -0.238. The van der Waals surface area contributed by atoms with Crippen LogP contribution >= 0.6 is 0 Å². The first-order chi connectivity index (χ1) is 13.4. The summed E-state index contributed by atoms with van der Waals surface area (Å²) in [6, 6.07) is 2.21. The van der Waals surface area contributed by atoms with Crippen molar-refractivity contribution in [3.05, 3.63) is 35.5 Å². The Bertz CT molecular complexity index is 1050. The fraction of sp³-hybridized carbons (Fsp3) is 0.375. The third-order valence-corrected chi connectivity index (χ3v) is 3.93. The van der Waals surface area contributed by atoms with Crippen molar-refractivity contribution in [2.75, 3.05) is 7.11 Å². The number of alkyl halides is 5. The van der Waals surface area contributed by atoms with Crippen LogP contribution in [0, 0.1) is 12.7 Å². The number of hydrogen-bond acceptors (Lipinski definition) is 6. The summed E-state index contributed by atoms with van der Waals surface area (Å²) in [6.07, 6.45) is -9.75. The average molecular weight is 421 g/mol. The lowest BCUT2D eigenvalue weighted by Crippen LogP contribution is -2.31. The Morgan fingerprint density at radius 3 is 2.38 bits per heavy atom. The van der Waals surface area contributed by atoms with Gasteiger partial charge in [0.05, 0.1) is 5.69 Å². The van der Waals surface area contributed by atoms with Crippen molar-refractivity contribution in [1.29, 1.82) is 0 Å². The summed E-state index contributed by atoms with van der Waals surface area (Å²) in [7, 11) is 0.774. The van der Waals surface area contributed by atoms with Crippen LogP contribution in [-0.2, 0) is 10.8 Å². The molecule has 3 aromatic rings. The molecule has 0 saturated heterocycles. The molecule has 0 unspecified atom stereocenters. The van der Waals surface area contributed by atoms with E-state index in [4.69, 9.17) is 0 Å². The van der Waals surface area contributed by atoms with Gasteiger partial charge in [0.2, 0.25) is 0 Å². The predicted molar refractivity (Wildman–Crippen MR) is 85.8 cm³/mol. The molecule has 0 fully saturated rings. The normalized spacial score (nSPS) is 13.7. The van der Waals surface area contributed by atoms with Crippen molar-refractivity contribution in [2.45, 2.75) is 32.2 Å². The minimum atomic E-state index is -4.70. The number of methoxy groups -OCH3 is 1. The third-order valence-electron chi connectivity index (χ3n) is 3.93.